The van der Waals surface area contributed by atoms with Crippen molar-refractivity contribution in [2.45, 2.75) is 25.3 Å². The number of carbonyl (C=O) groups excluding carboxylic acids is 1. The van der Waals surface area contributed by atoms with Gasteiger partial charge in [0.15, 0.2) is 5.82 Å². The highest BCUT2D eigenvalue weighted by atomic mass is 16.2. The second-order valence-electron chi connectivity index (χ2n) is 8.53. The second kappa shape index (κ2) is 10.6. The first-order chi connectivity index (χ1) is 15.2. The van der Waals surface area contributed by atoms with Crippen molar-refractivity contribution < 1.29 is 4.79 Å². The standard InChI is InChI=1S/C24H34N6O/c1-28-17-18-29(22(19-28)20-9-3-2-4-10-20)16-8-13-26-24(31)27-21-11-7-12-25-23(21)30-14-5-6-15-30/h2-4,7,9-12,22H,5-6,8,13-19H2,1H3,(H2,26,27,31)/t22-/m1/s1. The van der Waals surface area contributed by atoms with Crippen molar-refractivity contribution in [3.63, 3.8) is 0 Å². The zero-order valence-corrected chi connectivity index (χ0v) is 18.5. The van der Waals surface area contributed by atoms with Crippen LogP contribution in [0.25, 0.3) is 0 Å². The van der Waals surface area contributed by atoms with Crippen LogP contribution in [0.4, 0.5) is 16.3 Å². The molecule has 2 N–H and O–H groups in total. The van der Waals surface area contributed by atoms with E-state index in [1.54, 1.807) is 6.20 Å². The van der Waals surface area contributed by atoms with Crippen molar-refractivity contribution in [1.82, 2.24) is 20.1 Å². The molecule has 7 heteroatoms. The summed E-state index contributed by atoms with van der Waals surface area (Å²) in [6.07, 6.45) is 5.07. The van der Waals surface area contributed by atoms with Crippen LogP contribution < -0.4 is 15.5 Å². The number of rotatable bonds is 7. The van der Waals surface area contributed by atoms with Crippen LogP contribution >= 0.6 is 0 Å². The van der Waals surface area contributed by atoms with E-state index in [1.807, 2.05) is 12.1 Å². The second-order valence-corrected chi connectivity index (χ2v) is 8.53. The van der Waals surface area contributed by atoms with Gasteiger partial charge in [-0.1, -0.05) is 30.3 Å². The lowest BCUT2D eigenvalue weighted by Gasteiger charge is -2.40. The maximum absolute atomic E-state index is 12.5. The molecule has 2 fully saturated rings. The van der Waals surface area contributed by atoms with E-state index in [2.05, 4.69) is 67.7 Å². The van der Waals surface area contributed by atoms with Crippen molar-refractivity contribution in [3.8, 4) is 0 Å². The molecule has 1 atom stereocenters. The molecule has 0 saturated carbocycles. The zero-order valence-electron chi connectivity index (χ0n) is 18.5. The summed E-state index contributed by atoms with van der Waals surface area (Å²) in [5.41, 5.74) is 2.15. The van der Waals surface area contributed by atoms with Crippen LogP contribution in [0.3, 0.4) is 0 Å². The number of urea groups is 1. The molecular weight excluding hydrogens is 388 g/mol. The number of anilines is 2. The molecule has 2 amide bonds. The number of carbonyl (C=O) groups is 1. The van der Waals surface area contributed by atoms with Gasteiger partial charge < -0.3 is 20.4 Å². The van der Waals surface area contributed by atoms with Gasteiger partial charge in [0.25, 0.3) is 0 Å². The summed E-state index contributed by atoms with van der Waals surface area (Å²) in [4.78, 5) is 24.1. The van der Waals surface area contributed by atoms with Gasteiger partial charge >= 0.3 is 6.03 Å². The van der Waals surface area contributed by atoms with E-state index < -0.39 is 0 Å². The molecule has 0 unspecified atom stereocenters. The number of hydrogen-bond acceptors (Lipinski definition) is 5. The average Bonchev–Trinajstić information content (AvgIpc) is 3.33. The minimum absolute atomic E-state index is 0.161. The third-order valence-corrected chi connectivity index (χ3v) is 6.23. The van der Waals surface area contributed by atoms with Gasteiger partial charge in [-0.2, -0.15) is 0 Å². The third-order valence-electron chi connectivity index (χ3n) is 6.23. The van der Waals surface area contributed by atoms with E-state index in [4.69, 9.17) is 0 Å². The van der Waals surface area contributed by atoms with Crippen LogP contribution in [0.15, 0.2) is 48.7 Å². The molecule has 3 heterocycles. The number of amides is 2. The van der Waals surface area contributed by atoms with Gasteiger partial charge in [-0.25, -0.2) is 9.78 Å². The van der Waals surface area contributed by atoms with Gasteiger partial charge in [-0.05, 0) is 44.0 Å². The molecule has 0 radical (unpaired) electrons. The summed E-state index contributed by atoms with van der Waals surface area (Å²) in [6.45, 7) is 6.80. The Kier molecular flexibility index (Phi) is 7.38. The Labute approximate surface area is 185 Å². The predicted octanol–water partition coefficient (Wildman–Crippen LogP) is 3.18. The molecule has 0 spiro atoms. The molecule has 1 aromatic heterocycles. The Hall–Kier alpha value is -2.64. The van der Waals surface area contributed by atoms with Crippen LogP contribution in [0.5, 0.6) is 0 Å². The molecule has 2 aliphatic heterocycles. The lowest BCUT2D eigenvalue weighted by Crippen LogP contribution is -2.47. The fourth-order valence-electron chi connectivity index (χ4n) is 4.54. The van der Waals surface area contributed by atoms with E-state index in [9.17, 15) is 4.79 Å². The molecule has 7 nitrogen and oxygen atoms in total. The smallest absolute Gasteiger partial charge is 0.319 e. The summed E-state index contributed by atoms with van der Waals surface area (Å²) < 4.78 is 0. The van der Waals surface area contributed by atoms with Gasteiger partial charge in [-0.3, -0.25) is 4.90 Å². The highest BCUT2D eigenvalue weighted by molar-refractivity contribution is 5.92. The van der Waals surface area contributed by atoms with Gasteiger partial charge in [0.05, 0.1) is 5.69 Å². The maximum Gasteiger partial charge on any atom is 0.319 e. The Bertz CT molecular complexity index is 839. The summed E-state index contributed by atoms with van der Waals surface area (Å²) in [7, 11) is 2.19. The number of nitrogens with one attached hydrogen (secondary N) is 2. The largest absolute Gasteiger partial charge is 0.355 e. The number of hydrogen-bond donors (Lipinski definition) is 2. The Balaban J connectivity index is 1.25. The van der Waals surface area contributed by atoms with E-state index in [0.29, 0.717) is 12.6 Å². The molecule has 2 saturated heterocycles. The highest BCUT2D eigenvalue weighted by Crippen LogP contribution is 2.26. The first-order valence-corrected chi connectivity index (χ1v) is 11.4. The van der Waals surface area contributed by atoms with E-state index in [0.717, 1.165) is 57.2 Å². The minimum Gasteiger partial charge on any atom is -0.355 e. The number of benzene rings is 1. The van der Waals surface area contributed by atoms with Gasteiger partial charge in [0, 0.05) is 58.1 Å². The minimum atomic E-state index is -0.161. The molecular formula is C24H34N6O. The molecule has 0 bridgehead atoms. The van der Waals surface area contributed by atoms with Gasteiger partial charge in [-0.15, -0.1) is 0 Å². The lowest BCUT2D eigenvalue weighted by atomic mass is 10.0. The summed E-state index contributed by atoms with van der Waals surface area (Å²) in [5.74, 6) is 0.873. The van der Waals surface area contributed by atoms with Gasteiger partial charge in [0.1, 0.15) is 0 Å². The number of aromatic nitrogens is 1. The van der Waals surface area contributed by atoms with Crippen molar-refractivity contribution in [2.24, 2.45) is 0 Å². The molecule has 4 rings (SSSR count). The van der Waals surface area contributed by atoms with Crippen LogP contribution in [0.2, 0.25) is 0 Å². The number of pyridine rings is 1. The van der Waals surface area contributed by atoms with Crippen molar-refractivity contribution in [3.05, 3.63) is 54.2 Å². The summed E-state index contributed by atoms with van der Waals surface area (Å²) >= 11 is 0. The average molecular weight is 423 g/mol. The molecule has 2 aliphatic rings. The van der Waals surface area contributed by atoms with E-state index in [1.165, 1.54) is 18.4 Å². The first kappa shape index (κ1) is 21.6. The summed E-state index contributed by atoms with van der Waals surface area (Å²) in [5, 5.41) is 6.01. The van der Waals surface area contributed by atoms with E-state index in [-0.39, 0.29) is 6.03 Å². The number of likely N-dealkylation sites (N-methyl/N-ethyl adjacent to an activating group) is 1. The molecule has 1 aromatic carbocycles. The fourth-order valence-corrected chi connectivity index (χ4v) is 4.54. The highest BCUT2D eigenvalue weighted by Gasteiger charge is 2.26. The van der Waals surface area contributed by atoms with Crippen LogP contribution in [0.1, 0.15) is 30.9 Å². The Morgan fingerprint density at radius 3 is 2.68 bits per heavy atom. The van der Waals surface area contributed by atoms with Crippen LogP contribution in [-0.4, -0.2) is 73.7 Å². The fraction of sp³-hybridized carbons (Fsp3) is 0.500. The monoisotopic (exact) mass is 422 g/mol. The number of piperazine rings is 1. The maximum atomic E-state index is 12.5. The third kappa shape index (κ3) is 5.74. The predicted molar refractivity (Wildman–Crippen MR) is 126 cm³/mol. The summed E-state index contributed by atoms with van der Waals surface area (Å²) in [6, 6.07) is 14.8. The Morgan fingerprint density at radius 2 is 1.87 bits per heavy atom. The lowest BCUT2D eigenvalue weighted by molar-refractivity contribution is 0.0890. The molecule has 31 heavy (non-hydrogen) atoms. The normalized spacial score (nSPS) is 20.0. The molecule has 0 aliphatic carbocycles. The van der Waals surface area contributed by atoms with Crippen molar-refractivity contribution in [2.75, 3.05) is 63.1 Å². The molecule has 166 valence electrons. The SMILES string of the molecule is CN1CCN(CCCNC(=O)Nc2cccnc2N2CCCC2)[C@@H](c2ccccc2)C1. The molecule has 2 aromatic rings. The zero-order chi connectivity index (χ0) is 21.5. The topological polar surface area (TPSA) is 63.7 Å². The quantitative estimate of drug-likeness (QED) is 0.671. The first-order valence-electron chi connectivity index (χ1n) is 11.4. The van der Waals surface area contributed by atoms with Crippen LogP contribution in [0, 0.1) is 0 Å². The Morgan fingerprint density at radius 1 is 1.06 bits per heavy atom. The number of nitrogens with zero attached hydrogens (tertiary/aromatic N) is 4. The van der Waals surface area contributed by atoms with Crippen LogP contribution in [-0.2, 0) is 0 Å². The van der Waals surface area contributed by atoms with Crippen molar-refractivity contribution >= 4 is 17.5 Å². The van der Waals surface area contributed by atoms with Crippen molar-refractivity contribution in [1.29, 1.82) is 0 Å². The van der Waals surface area contributed by atoms with Gasteiger partial charge in [0.2, 0.25) is 0 Å². The van der Waals surface area contributed by atoms with E-state index >= 15 is 0 Å².